The SMILES string of the molecule is C[C-]=C/C=C/C(C)=C/C=C/C=C(C)/C=C/C=C(\C)C(=O)[O-].O=C=O.[Na+].[Na+]. The van der Waals surface area contributed by atoms with Crippen molar-refractivity contribution in [1.82, 2.24) is 0 Å². The molecular formula is C20H22Na2O4. The zero-order valence-electron chi connectivity index (χ0n) is 16.4. The predicted molar refractivity (Wildman–Crippen MR) is 92.2 cm³/mol. The molecule has 0 saturated heterocycles. The smallest absolute Gasteiger partial charge is 0.545 e. The fourth-order valence-corrected chi connectivity index (χ4v) is 1.23. The van der Waals surface area contributed by atoms with Crippen LogP contribution in [0.2, 0.25) is 0 Å². The minimum atomic E-state index is -1.15. The third-order valence-corrected chi connectivity index (χ3v) is 2.48. The standard InChI is InChI=1S/C19H23O2.CO2.2Na/c1-5-6-7-11-16(2)12-8-9-13-17(3)14-10-15-18(4)19(20)21;2-1-3;;/h6-15H,1-4H3,(H,20,21);;;/q-1;;2*+1/p-1/b9-8+,11-7+,14-10+,16-12+,17-13+,18-15+;;;. The molecule has 0 aromatic carbocycles. The second-order valence-electron chi connectivity index (χ2n) is 4.60. The number of carbonyl (C=O) groups is 1. The Kier molecular flexibility index (Phi) is 30.2. The van der Waals surface area contributed by atoms with Gasteiger partial charge in [0.2, 0.25) is 0 Å². The van der Waals surface area contributed by atoms with Gasteiger partial charge in [-0.3, -0.25) is 6.08 Å². The molecule has 0 rings (SSSR count). The van der Waals surface area contributed by atoms with Gasteiger partial charge in [-0.1, -0.05) is 53.7 Å². The van der Waals surface area contributed by atoms with Gasteiger partial charge in [-0.15, -0.1) is 13.0 Å². The maximum Gasteiger partial charge on any atom is 1.00 e. The predicted octanol–water partition coefficient (Wildman–Crippen LogP) is -2.95. The van der Waals surface area contributed by atoms with Crippen molar-refractivity contribution < 1.29 is 78.6 Å². The number of hydrogen-bond acceptors (Lipinski definition) is 4. The van der Waals surface area contributed by atoms with E-state index in [-0.39, 0.29) is 70.8 Å². The molecule has 26 heavy (non-hydrogen) atoms. The van der Waals surface area contributed by atoms with E-state index in [1.54, 1.807) is 6.08 Å². The molecule has 0 aromatic rings. The molecule has 0 aliphatic heterocycles. The number of carbonyl (C=O) groups excluding carboxylic acids is 3. The summed E-state index contributed by atoms with van der Waals surface area (Å²) in [6.07, 6.45) is 21.9. The van der Waals surface area contributed by atoms with Crippen molar-refractivity contribution in [3.05, 3.63) is 83.6 Å². The Morgan fingerprint density at radius 3 is 1.65 bits per heavy atom. The molecule has 0 amide bonds. The average molecular weight is 372 g/mol. The Hall–Kier alpha value is -0.970. The zero-order valence-corrected chi connectivity index (χ0v) is 20.4. The molecule has 0 heterocycles. The number of rotatable bonds is 7. The Bertz CT molecular complexity index is 628. The molecule has 0 bridgehead atoms. The summed E-state index contributed by atoms with van der Waals surface area (Å²) in [5, 5.41) is 10.5. The summed E-state index contributed by atoms with van der Waals surface area (Å²) >= 11 is 0. The number of aliphatic carboxylic acids is 1. The summed E-state index contributed by atoms with van der Waals surface area (Å²) in [6.45, 7) is 7.33. The average Bonchev–Trinajstić information content (AvgIpc) is 2.52. The molecule has 6 heteroatoms. The van der Waals surface area contributed by atoms with Crippen molar-refractivity contribution in [3.8, 4) is 0 Å². The normalized spacial score (nSPS) is 12.5. The molecule has 128 valence electrons. The van der Waals surface area contributed by atoms with Crippen molar-refractivity contribution in [2.24, 2.45) is 0 Å². The number of carboxylic acid groups (broad SMARTS) is 1. The van der Waals surface area contributed by atoms with Crippen molar-refractivity contribution in [1.29, 1.82) is 0 Å². The van der Waals surface area contributed by atoms with E-state index < -0.39 is 5.97 Å². The summed E-state index contributed by atoms with van der Waals surface area (Å²) in [7, 11) is 0. The van der Waals surface area contributed by atoms with Gasteiger partial charge in [0.25, 0.3) is 0 Å². The Balaban J connectivity index is -0.000000450. The number of allylic oxidation sites excluding steroid dienone is 13. The summed E-state index contributed by atoms with van der Waals surface area (Å²) in [5.41, 5.74) is 2.38. The minimum absolute atomic E-state index is 0. The van der Waals surface area contributed by atoms with Gasteiger partial charge >= 0.3 is 65.3 Å². The van der Waals surface area contributed by atoms with Crippen molar-refractivity contribution in [2.45, 2.75) is 27.7 Å². The van der Waals surface area contributed by atoms with Crippen LogP contribution in [0.15, 0.2) is 77.5 Å². The van der Waals surface area contributed by atoms with E-state index >= 15 is 0 Å². The van der Waals surface area contributed by atoms with Gasteiger partial charge in [-0.25, -0.2) is 12.2 Å². The van der Waals surface area contributed by atoms with E-state index in [2.05, 4.69) is 6.08 Å². The van der Waals surface area contributed by atoms with E-state index in [0.717, 1.165) is 11.1 Å². The van der Waals surface area contributed by atoms with E-state index in [4.69, 9.17) is 9.59 Å². The van der Waals surface area contributed by atoms with E-state index in [1.807, 2.05) is 69.4 Å². The van der Waals surface area contributed by atoms with E-state index in [1.165, 1.54) is 13.0 Å². The minimum Gasteiger partial charge on any atom is -0.545 e. The fourth-order valence-electron chi connectivity index (χ4n) is 1.23. The first-order valence-electron chi connectivity index (χ1n) is 7.13. The summed E-state index contributed by atoms with van der Waals surface area (Å²) in [6, 6.07) is 0. The van der Waals surface area contributed by atoms with Crippen LogP contribution < -0.4 is 64.2 Å². The molecule has 0 fully saturated rings. The van der Waals surface area contributed by atoms with Crippen LogP contribution in [0.4, 0.5) is 0 Å². The molecule has 0 aromatic heterocycles. The number of hydrogen-bond donors (Lipinski definition) is 0. The maximum atomic E-state index is 10.5. The second kappa shape index (κ2) is 24.0. The van der Waals surface area contributed by atoms with Crippen LogP contribution in [0.5, 0.6) is 0 Å². The van der Waals surface area contributed by atoms with Crippen LogP contribution in [0.1, 0.15) is 27.7 Å². The van der Waals surface area contributed by atoms with Crippen LogP contribution >= 0.6 is 0 Å². The van der Waals surface area contributed by atoms with Crippen LogP contribution in [-0.4, -0.2) is 12.1 Å². The van der Waals surface area contributed by atoms with Gasteiger partial charge in [0, 0.05) is 0 Å². The van der Waals surface area contributed by atoms with Crippen molar-refractivity contribution in [2.75, 3.05) is 0 Å². The van der Waals surface area contributed by atoms with Gasteiger partial charge in [0.15, 0.2) is 0 Å². The van der Waals surface area contributed by atoms with Crippen LogP contribution in [0, 0.1) is 6.08 Å². The molecule has 0 aliphatic carbocycles. The van der Waals surface area contributed by atoms with Gasteiger partial charge in [0.1, 0.15) is 0 Å². The summed E-state index contributed by atoms with van der Waals surface area (Å²) in [4.78, 5) is 26.7. The topological polar surface area (TPSA) is 74.3 Å². The third-order valence-electron chi connectivity index (χ3n) is 2.48. The first kappa shape index (κ1) is 32.7. The van der Waals surface area contributed by atoms with Gasteiger partial charge in [-0.2, -0.15) is 9.59 Å². The Morgan fingerprint density at radius 2 is 1.27 bits per heavy atom. The first-order chi connectivity index (χ1) is 11.4. The van der Waals surface area contributed by atoms with Crippen LogP contribution in [0.3, 0.4) is 0 Å². The molecule has 0 spiro atoms. The van der Waals surface area contributed by atoms with E-state index in [9.17, 15) is 9.90 Å². The second-order valence-corrected chi connectivity index (χ2v) is 4.60. The van der Waals surface area contributed by atoms with Crippen LogP contribution in [0.25, 0.3) is 0 Å². The summed E-state index contributed by atoms with van der Waals surface area (Å²) < 4.78 is 0. The first-order valence-corrected chi connectivity index (χ1v) is 7.13. The quantitative estimate of drug-likeness (QED) is 0.207. The van der Waals surface area contributed by atoms with Crippen molar-refractivity contribution in [3.63, 3.8) is 0 Å². The number of carboxylic acids is 1. The third kappa shape index (κ3) is 25.3. The monoisotopic (exact) mass is 372 g/mol. The molecular weight excluding hydrogens is 350 g/mol. The molecule has 0 unspecified atom stereocenters. The van der Waals surface area contributed by atoms with Crippen molar-refractivity contribution >= 4 is 12.1 Å². The molecule has 4 nitrogen and oxygen atoms in total. The van der Waals surface area contributed by atoms with Gasteiger partial charge in [-0.05, 0) is 26.3 Å². The Morgan fingerprint density at radius 1 is 0.846 bits per heavy atom. The van der Waals surface area contributed by atoms with E-state index in [0.29, 0.717) is 0 Å². The molecule has 0 atom stereocenters. The molecule has 0 saturated carbocycles. The van der Waals surface area contributed by atoms with Gasteiger partial charge in [0.05, 0.1) is 5.97 Å². The molecule has 0 radical (unpaired) electrons. The zero-order chi connectivity index (χ0) is 18.8. The maximum absolute atomic E-state index is 10.5. The Labute approximate surface area is 200 Å². The summed E-state index contributed by atoms with van der Waals surface area (Å²) in [5.74, 6) is -1.15. The van der Waals surface area contributed by atoms with Gasteiger partial charge < -0.3 is 9.90 Å². The fraction of sp³-hybridized carbons (Fsp3) is 0.200. The molecule has 0 N–H and O–H groups in total. The van der Waals surface area contributed by atoms with Crippen LogP contribution in [-0.2, 0) is 14.4 Å². The molecule has 0 aliphatic rings. The largest absolute Gasteiger partial charge is 1.00 e.